The second-order valence-electron chi connectivity index (χ2n) is 8.00. The summed E-state index contributed by atoms with van der Waals surface area (Å²) >= 11 is 0. The molecular formula is C29H25NO4. The Hall–Kier alpha value is -4.25. The maximum absolute atomic E-state index is 12.5. The van der Waals surface area contributed by atoms with Crippen molar-refractivity contribution in [2.45, 2.75) is 13.3 Å². The Morgan fingerprint density at radius 3 is 1.74 bits per heavy atom. The minimum absolute atomic E-state index is 0.405. The van der Waals surface area contributed by atoms with Crippen LogP contribution in [0, 0.1) is 6.92 Å². The van der Waals surface area contributed by atoms with Crippen LogP contribution in [0.2, 0.25) is 0 Å². The SMILES string of the molecule is COC(=O)c1ccccc1-c1cc(Cc2ccc(C)cn2)cc(-c2ccccc2C(=O)OC)c1. The Morgan fingerprint density at radius 1 is 0.735 bits per heavy atom. The number of hydrogen-bond acceptors (Lipinski definition) is 5. The summed E-state index contributed by atoms with van der Waals surface area (Å²) in [4.78, 5) is 29.5. The molecule has 0 unspecified atom stereocenters. The average molecular weight is 452 g/mol. The van der Waals surface area contributed by atoms with E-state index in [4.69, 9.17) is 9.47 Å². The molecule has 0 aliphatic heterocycles. The first kappa shape index (κ1) is 22.9. The van der Waals surface area contributed by atoms with Crippen molar-refractivity contribution in [3.63, 3.8) is 0 Å². The molecule has 0 aliphatic carbocycles. The summed E-state index contributed by atoms with van der Waals surface area (Å²) in [5.41, 5.74) is 7.18. The first-order chi connectivity index (χ1) is 16.5. The van der Waals surface area contributed by atoms with Crippen LogP contribution in [0.4, 0.5) is 0 Å². The summed E-state index contributed by atoms with van der Waals surface area (Å²) in [5.74, 6) is -0.810. The summed E-state index contributed by atoms with van der Waals surface area (Å²) in [6, 6.07) is 24.8. The number of methoxy groups -OCH3 is 2. The number of carbonyl (C=O) groups is 2. The van der Waals surface area contributed by atoms with Crippen LogP contribution in [-0.4, -0.2) is 31.1 Å². The van der Waals surface area contributed by atoms with Crippen LogP contribution >= 0.6 is 0 Å². The normalized spacial score (nSPS) is 10.6. The molecule has 0 fully saturated rings. The highest BCUT2D eigenvalue weighted by atomic mass is 16.5. The van der Waals surface area contributed by atoms with E-state index < -0.39 is 11.9 Å². The van der Waals surface area contributed by atoms with Crippen LogP contribution in [0.1, 0.15) is 37.5 Å². The monoisotopic (exact) mass is 451 g/mol. The maximum Gasteiger partial charge on any atom is 0.338 e. The lowest BCUT2D eigenvalue weighted by atomic mass is 9.91. The molecule has 34 heavy (non-hydrogen) atoms. The summed E-state index contributed by atoms with van der Waals surface area (Å²) in [5, 5.41) is 0. The second-order valence-corrected chi connectivity index (χ2v) is 8.00. The van der Waals surface area contributed by atoms with E-state index in [1.807, 2.05) is 79.9 Å². The lowest BCUT2D eigenvalue weighted by molar-refractivity contribution is 0.0592. The Labute approximate surface area is 199 Å². The van der Waals surface area contributed by atoms with Crippen molar-refractivity contribution in [3.8, 4) is 22.3 Å². The third kappa shape index (κ3) is 4.89. The lowest BCUT2D eigenvalue weighted by Gasteiger charge is -2.15. The predicted octanol–water partition coefficient (Wildman–Crippen LogP) is 5.89. The Balaban J connectivity index is 1.91. The minimum Gasteiger partial charge on any atom is -0.465 e. The fraction of sp³-hybridized carbons (Fsp3) is 0.138. The molecule has 0 spiro atoms. The molecule has 1 aromatic heterocycles. The van der Waals surface area contributed by atoms with Crippen molar-refractivity contribution in [2.24, 2.45) is 0 Å². The van der Waals surface area contributed by atoms with Crippen molar-refractivity contribution in [3.05, 3.63) is 113 Å². The highest BCUT2D eigenvalue weighted by Crippen LogP contribution is 2.33. The number of aryl methyl sites for hydroxylation is 1. The number of hydrogen-bond donors (Lipinski definition) is 0. The summed E-state index contributed by atoms with van der Waals surface area (Å²) < 4.78 is 10.0. The quantitative estimate of drug-likeness (QED) is 0.342. The highest BCUT2D eigenvalue weighted by Gasteiger charge is 2.17. The van der Waals surface area contributed by atoms with Gasteiger partial charge in [-0.25, -0.2) is 9.59 Å². The highest BCUT2D eigenvalue weighted by molar-refractivity contribution is 5.99. The molecule has 0 bridgehead atoms. The molecule has 4 aromatic rings. The zero-order chi connectivity index (χ0) is 24.1. The van der Waals surface area contributed by atoms with Gasteiger partial charge in [0.25, 0.3) is 0 Å². The van der Waals surface area contributed by atoms with Gasteiger partial charge in [-0.15, -0.1) is 0 Å². The first-order valence-electron chi connectivity index (χ1n) is 10.9. The lowest BCUT2D eigenvalue weighted by Crippen LogP contribution is -2.05. The Kier molecular flexibility index (Phi) is 6.83. The van der Waals surface area contributed by atoms with Gasteiger partial charge in [0.2, 0.25) is 0 Å². The Bertz CT molecular complexity index is 1260. The van der Waals surface area contributed by atoms with Crippen LogP contribution in [0.5, 0.6) is 0 Å². The van der Waals surface area contributed by atoms with E-state index in [1.165, 1.54) is 14.2 Å². The van der Waals surface area contributed by atoms with Crippen LogP contribution in [0.25, 0.3) is 22.3 Å². The molecule has 0 aliphatic rings. The number of aromatic nitrogens is 1. The number of pyridine rings is 1. The molecule has 0 N–H and O–H groups in total. The topological polar surface area (TPSA) is 65.5 Å². The van der Waals surface area contributed by atoms with Crippen molar-refractivity contribution in [1.82, 2.24) is 4.98 Å². The van der Waals surface area contributed by atoms with Gasteiger partial charge in [-0.2, -0.15) is 0 Å². The van der Waals surface area contributed by atoms with Crippen molar-refractivity contribution in [2.75, 3.05) is 14.2 Å². The second kappa shape index (κ2) is 10.1. The van der Waals surface area contributed by atoms with Crippen LogP contribution < -0.4 is 0 Å². The van der Waals surface area contributed by atoms with Crippen molar-refractivity contribution >= 4 is 11.9 Å². The fourth-order valence-corrected chi connectivity index (χ4v) is 3.96. The summed E-state index contributed by atoms with van der Waals surface area (Å²) in [6.45, 7) is 2.00. The van der Waals surface area contributed by atoms with E-state index >= 15 is 0 Å². The number of ether oxygens (including phenoxy) is 2. The number of esters is 2. The van der Waals surface area contributed by atoms with Gasteiger partial charge >= 0.3 is 11.9 Å². The predicted molar refractivity (Wildman–Crippen MR) is 132 cm³/mol. The molecule has 4 rings (SSSR count). The number of carbonyl (C=O) groups excluding carboxylic acids is 2. The fourth-order valence-electron chi connectivity index (χ4n) is 3.96. The zero-order valence-corrected chi connectivity index (χ0v) is 19.4. The van der Waals surface area contributed by atoms with E-state index in [1.54, 1.807) is 12.1 Å². The number of rotatable bonds is 6. The van der Waals surface area contributed by atoms with Crippen LogP contribution in [0.15, 0.2) is 85.1 Å². The molecule has 170 valence electrons. The van der Waals surface area contributed by atoms with Gasteiger partial charge in [0.15, 0.2) is 0 Å². The minimum atomic E-state index is -0.405. The maximum atomic E-state index is 12.5. The molecule has 0 radical (unpaired) electrons. The zero-order valence-electron chi connectivity index (χ0n) is 19.4. The number of nitrogens with zero attached hydrogens (tertiary/aromatic N) is 1. The molecule has 0 saturated heterocycles. The van der Waals surface area contributed by atoms with E-state index in [0.29, 0.717) is 17.5 Å². The van der Waals surface area contributed by atoms with Crippen LogP contribution in [-0.2, 0) is 15.9 Å². The molecule has 1 heterocycles. The van der Waals surface area contributed by atoms with Gasteiger partial charge in [-0.3, -0.25) is 4.98 Å². The van der Waals surface area contributed by atoms with E-state index in [2.05, 4.69) is 4.98 Å². The summed E-state index contributed by atoms with van der Waals surface area (Å²) in [7, 11) is 2.74. The van der Waals surface area contributed by atoms with Crippen LogP contribution in [0.3, 0.4) is 0 Å². The largest absolute Gasteiger partial charge is 0.465 e. The van der Waals surface area contributed by atoms with Gasteiger partial charge in [0.05, 0.1) is 25.3 Å². The first-order valence-corrected chi connectivity index (χ1v) is 10.9. The molecule has 0 saturated carbocycles. The molecule has 0 atom stereocenters. The average Bonchev–Trinajstić information content (AvgIpc) is 2.89. The Morgan fingerprint density at radius 2 is 1.26 bits per heavy atom. The van der Waals surface area contributed by atoms with E-state index in [-0.39, 0.29) is 0 Å². The van der Waals surface area contributed by atoms with Gasteiger partial charge < -0.3 is 9.47 Å². The number of benzene rings is 3. The van der Waals surface area contributed by atoms with Crippen molar-refractivity contribution < 1.29 is 19.1 Å². The van der Waals surface area contributed by atoms with Gasteiger partial charge in [0, 0.05) is 18.3 Å². The molecular weight excluding hydrogens is 426 g/mol. The van der Waals surface area contributed by atoms with Gasteiger partial charge in [-0.1, -0.05) is 54.6 Å². The summed E-state index contributed by atoms with van der Waals surface area (Å²) in [6.07, 6.45) is 2.45. The smallest absolute Gasteiger partial charge is 0.338 e. The van der Waals surface area contributed by atoms with Gasteiger partial charge in [-0.05, 0) is 64.6 Å². The molecule has 5 nitrogen and oxygen atoms in total. The molecule has 5 heteroatoms. The molecule has 3 aromatic carbocycles. The standard InChI is InChI=1S/C29H25NO4/c1-19-12-13-23(30-18-19)16-20-14-21(24-8-4-6-10-26(24)28(31)33-2)17-22(15-20)25-9-5-7-11-27(25)29(32)34-3/h4-15,17-18H,16H2,1-3H3. The molecule has 0 amide bonds. The van der Waals surface area contributed by atoms with Gasteiger partial charge in [0.1, 0.15) is 0 Å². The van der Waals surface area contributed by atoms with E-state index in [9.17, 15) is 9.59 Å². The third-order valence-electron chi connectivity index (χ3n) is 5.64. The van der Waals surface area contributed by atoms with E-state index in [0.717, 1.165) is 39.1 Å². The third-order valence-corrected chi connectivity index (χ3v) is 5.64. The van der Waals surface area contributed by atoms with Crippen molar-refractivity contribution in [1.29, 1.82) is 0 Å².